The second-order valence-corrected chi connectivity index (χ2v) is 2.27. The summed E-state index contributed by atoms with van der Waals surface area (Å²) in [6.45, 7) is 7.55. The SMILES string of the molecule is C=C/C=C(/C=N)C=C(C)C. The highest BCUT2D eigenvalue weighted by Crippen LogP contribution is 1.98. The van der Waals surface area contributed by atoms with Gasteiger partial charge in [0.1, 0.15) is 0 Å². The van der Waals surface area contributed by atoms with E-state index in [9.17, 15) is 0 Å². The van der Waals surface area contributed by atoms with Gasteiger partial charge in [0.2, 0.25) is 0 Å². The van der Waals surface area contributed by atoms with E-state index in [-0.39, 0.29) is 0 Å². The number of hydrogen-bond acceptors (Lipinski definition) is 1. The highest BCUT2D eigenvalue weighted by Gasteiger charge is 1.82. The molecule has 0 aromatic heterocycles. The fourth-order valence-corrected chi connectivity index (χ4v) is 0.607. The Morgan fingerprint density at radius 2 is 2.00 bits per heavy atom. The molecule has 0 fully saturated rings. The van der Waals surface area contributed by atoms with E-state index in [4.69, 9.17) is 5.41 Å². The molecule has 0 atom stereocenters. The summed E-state index contributed by atoms with van der Waals surface area (Å²) >= 11 is 0. The molecule has 0 aliphatic carbocycles. The van der Waals surface area contributed by atoms with Gasteiger partial charge < -0.3 is 5.41 Å². The molecule has 0 aliphatic rings. The quantitative estimate of drug-likeness (QED) is 0.454. The molecular formula is C9H13N. The molecule has 0 bridgehead atoms. The van der Waals surface area contributed by atoms with Crippen molar-refractivity contribution in [2.45, 2.75) is 13.8 Å². The van der Waals surface area contributed by atoms with E-state index in [1.165, 1.54) is 11.8 Å². The van der Waals surface area contributed by atoms with Crippen molar-refractivity contribution in [1.82, 2.24) is 0 Å². The Kier molecular flexibility index (Phi) is 4.21. The molecule has 1 heteroatoms. The predicted octanol–water partition coefficient (Wildman–Crippen LogP) is 2.71. The number of rotatable bonds is 3. The van der Waals surface area contributed by atoms with E-state index in [1.54, 1.807) is 12.2 Å². The second-order valence-electron chi connectivity index (χ2n) is 2.27. The molecule has 0 spiro atoms. The van der Waals surface area contributed by atoms with Crippen LogP contribution in [0.3, 0.4) is 0 Å². The summed E-state index contributed by atoms with van der Waals surface area (Å²) in [6.07, 6.45) is 6.74. The van der Waals surface area contributed by atoms with Crippen LogP contribution >= 0.6 is 0 Å². The van der Waals surface area contributed by atoms with Crippen molar-refractivity contribution in [2.75, 3.05) is 0 Å². The van der Waals surface area contributed by atoms with Crippen LogP contribution in [0.15, 0.2) is 36.0 Å². The zero-order valence-electron chi connectivity index (χ0n) is 6.52. The van der Waals surface area contributed by atoms with Gasteiger partial charge in [0.05, 0.1) is 0 Å². The fourth-order valence-electron chi connectivity index (χ4n) is 0.607. The Hall–Kier alpha value is -1.11. The lowest BCUT2D eigenvalue weighted by molar-refractivity contribution is 1.38. The Bertz CT molecular complexity index is 181. The lowest BCUT2D eigenvalue weighted by atomic mass is 10.2. The van der Waals surface area contributed by atoms with Crippen LogP contribution in [0.4, 0.5) is 0 Å². The van der Waals surface area contributed by atoms with Crippen molar-refractivity contribution in [3.63, 3.8) is 0 Å². The minimum atomic E-state index is 0.884. The minimum Gasteiger partial charge on any atom is -0.308 e. The average Bonchev–Trinajstić information content (AvgIpc) is 1.86. The van der Waals surface area contributed by atoms with E-state index in [1.807, 2.05) is 19.9 Å². The Balaban J connectivity index is 4.37. The van der Waals surface area contributed by atoms with E-state index in [0.29, 0.717) is 0 Å². The number of hydrogen-bond donors (Lipinski definition) is 1. The highest BCUT2D eigenvalue weighted by molar-refractivity contribution is 5.80. The van der Waals surface area contributed by atoms with Gasteiger partial charge in [-0.2, -0.15) is 0 Å². The normalized spacial score (nSPS) is 10.4. The molecule has 1 nitrogen and oxygen atoms in total. The third-order valence-electron chi connectivity index (χ3n) is 0.932. The largest absolute Gasteiger partial charge is 0.308 e. The highest BCUT2D eigenvalue weighted by atomic mass is 14.3. The van der Waals surface area contributed by atoms with Gasteiger partial charge in [-0.05, 0) is 19.4 Å². The zero-order valence-corrected chi connectivity index (χ0v) is 6.52. The van der Waals surface area contributed by atoms with Crippen LogP contribution in [0, 0.1) is 5.41 Å². The topological polar surface area (TPSA) is 23.9 Å². The van der Waals surface area contributed by atoms with Gasteiger partial charge in [0.15, 0.2) is 0 Å². The van der Waals surface area contributed by atoms with E-state index in [2.05, 4.69) is 6.58 Å². The maximum absolute atomic E-state index is 6.97. The first-order chi connectivity index (χ1) is 4.70. The standard InChI is InChI=1S/C9H13N/c1-4-5-9(7-10)6-8(2)3/h4-7,10H,1H2,2-3H3/b9-5+,10-7?. The number of nitrogens with one attached hydrogen (secondary N) is 1. The molecule has 0 saturated heterocycles. The fraction of sp³-hybridized carbons (Fsp3) is 0.222. The van der Waals surface area contributed by atoms with Gasteiger partial charge in [0, 0.05) is 6.21 Å². The summed E-state index contributed by atoms with van der Waals surface area (Å²) in [7, 11) is 0. The summed E-state index contributed by atoms with van der Waals surface area (Å²) in [4.78, 5) is 0. The molecule has 0 heterocycles. The van der Waals surface area contributed by atoms with Crippen LogP contribution in [0.2, 0.25) is 0 Å². The first-order valence-electron chi connectivity index (χ1n) is 3.18. The first kappa shape index (κ1) is 8.89. The summed E-state index contributed by atoms with van der Waals surface area (Å²) in [6, 6.07) is 0. The first-order valence-corrected chi connectivity index (χ1v) is 3.18. The second kappa shape index (κ2) is 4.74. The van der Waals surface area contributed by atoms with Crippen LogP contribution in [0.5, 0.6) is 0 Å². The molecule has 1 N–H and O–H groups in total. The Morgan fingerprint density at radius 3 is 2.30 bits per heavy atom. The van der Waals surface area contributed by atoms with Crippen molar-refractivity contribution >= 4 is 6.21 Å². The summed E-state index contributed by atoms with van der Waals surface area (Å²) < 4.78 is 0. The van der Waals surface area contributed by atoms with Gasteiger partial charge in [0.25, 0.3) is 0 Å². The van der Waals surface area contributed by atoms with Crippen molar-refractivity contribution in [2.24, 2.45) is 0 Å². The predicted molar refractivity (Wildman–Crippen MR) is 46.5 cm³/mol. The van der Waals surface area contributed by atoms with Crippen molar-refractivity contribution in [1.29, 1.82) is 5.41 Å². The average molecular weight is 135 g/mol. The molecular weight excluding hydrogens is 122 g/mol. The van der Waals surface area contributed by atoms with Crippen molar-refractivity contribution in [3.8, 4) is 0 Å². The number of allylic oxidation sites excluding steroid dienone is 5. The minimum absolute atomic E-state index is 0.884. The molecule has 0 unspecified atom stereocenters. The van der Waals surface area contributed by atoms with Crippen LogP contribution in [0.1, 0.15) is 13.8 Å². The lowest BCUT2D eigenvalue weighted by Crippen LogP contribution is -1.77. The molecule has 0 rings (SSSR count). The molecule has 0 amide bonds. The van der Waals surface area contributed by atoms with Gasteiger partial charge in [-0.15, -0.1) is 0 Å². The lowest BCUT2D eigenvalue weighted by Gasteiger charge is -1.90. The third-order valence-corrected chi connectivity index (χ3v) is 0.932. The van der Waals surface area contributed by atoms with Crippen molar-refractivity contribution in [3.05, 3.63) is 36.0 Å². The van der Waals surface area contributed by atoms with Crippen LogP contribution in [0.25, 0.3) is 0 Å². The molecule has 0 saturated carbocycles. The van der Waals surface area contributed by atoms with E-state index < -0.39 is 0 Å². The Labute approximate surface area is 62.3 Å². The Morgan fingerprint density at radius 1 is 1.40 bits per heavy atom. The van der Waals surface area contributed by atoms with Gasteiger partial charge in [-0.3, -0.25) is 0 Å². The molecule has 54 valence electrons. The molecule has 10 heavy (non-hydrogen) atoms. The molecule has 0 radical (unpaired) electrons. The molecule has 0 aromatic rings. The van der Waals surface area contributed by atoms with Gasteiger partial charge in [-0.1, -0.05) is 30.4 Å². The summed E-state index contributed by atoms with van der Waals surface area (Å²) in [5.74, 6) is 0. The van der Waals surface area contributed by atoms with Gasteiger partial charge in [-0.25, -0.2) is 0 Å². The molecule has 0 aromatic carbocycles. The monoisotopic (exact) mass is 135 g/mol. The van der Waals surface area contributed by atoms with Crippen LogP contribution in [-0.2, 0) is 0 Å². The van der Waals surface area contributed by atoms with Crippen LogP contribution in [-0.4, -0.2) is 6.21 Å². The van der Waals surface area contributed by atoms with E-state index in [0.717, 1.165) is 5.57 Å². The maximum atomic E-state index is 6.97. The van der Waals surface area contributed by atoms with Gasteiger partial charge >= 0.3 is 0 Å². The smallest absolute Gasteiger partial charge is 0.0250 e. The molecule has 0 aliphatic heterocycles. The van der Waals surface area contributed by atoms with E-state index >= 15 is 0 Å². The maximum Gasteiger partial charge on any atom is 0.0250 e. The third kappa shape index (κ3) is 3.84. The van der Waals surface area contributed by atoms with Crippen molar-refractivity contribution < 1.29 is 0 Å². The summed E-state index contributed by atoms with van der Waals surface area (Å²) in [5, 5.41) is 6.97. The summed E-state index contributed by atoms with van der Waals surface area (Å²) in [5.41, 5.74) is 2.08. The zero-order chi connectivity index (χ0) is 7.98. The van der Waals surface area contributed by atoms with Crippen LogP contribution < -0.4 is 0 Å².